The van der Waals surface area contributed by atoms with Crippen LogP contribution < -0.4 is 10.2 Å². The van der Waals surface area contributed by atoms with Crippen LogP contribution >= 0.6 is 11.6 Å². The van der Waals surface area contributed by atoms with Crippen molar-refractivity contribution in [2.75, 3.05) is 10.2 Å². The molecule has 3 rings (SSSR count). The van der Waals surface area contributed by atoms with Crippen LogP contribution in [0.4, 0.5) is 11.4 Å². The molecule has 0 fully saturated rings. The van der Waals surface area contributed by atoms with E-state index in [1.165, 1.54) is 0 Å². The molecule has 1 N–H and O–H groups in total. The topological polar surface area (TPSA) is 32.3 Å². The number of anilines is 2. The lowest BCUT2D eigenvalue weighted by atomic mass is 9.91. The minimum absolute atomic E-state index is 0.0798. The van der Waals surface area contributed by atoms with Crippen molar-refractivity contribution in [3.63, 3.8) is 0 Å². The molecule has 0 saturated carbocycles. The van der Waals surface area contributed by atoms with Gasteiger partial charge in [-0.05, 0) is 37.1 Å². The number of hydrogen-bond acceptors (Lipinski definition) is 2. The first kappa shape index (κ1) is 14.9. The van der Waals surface area contributed by atoms with Gasteiger partial charge in [0.15, 0.2) is 0 Å². The zero-order chi connectivity index (χ0) is 15.7. The molecule has 0 saturated heterocycles. The molecule has 1 aliphatic heterocycles. The van der Waals surface area contributed by atoms with E-state index in [-0.39, 0.29) is 18.0 Å². The number of amides is 1. The van der Waals surface area contributed by atoms with Gasteiger partial charge in [0.2, 0.25) is 5.91 Å². The van der Waals surface area contributed by atoms with Gasteiger partial charge in [-0.15, -0.1) is 0 Å². The second kappa shape index (κ2) is 6.01. The lowest BCUT2D eigenvalue weighted by Crippen LogP contribution is -2.43. The fourth-order valence-corrected chi connectivity index (χ4v) is 3.39. The Bertz CT molecular complexity index is 701. The van der Waals surface area contributed by atoms with Gasteiger partial charge in [-0.3, -0.25) is 4.79 Å². The van der Waals surface area contributed by atoms with Crippen molar-refractivity contribution in [2.45, 2.75) is 32.4 Å². The molecule has 0 aliphatic carbocycles. The first-order valence-electron chi connectivity index (χ1n) is 7.47. The number of halogens is 1. The van der Waals surface area contributed by atoms with Gasteiger partial charge in [0.25, 0.3) is 0 Å². The summed E-state index contributed by atoms with van der Waals surface area (Å²) in [6.45, 7) is 3.70. The maximum absolute atomic E-state index is 12.0. The zero-order valence-corrected chi connectivity index (χ0v) is 13.5. The van der Waals surface area contributed by atoms with Crippen LogP contribution in [-0.2, 0) is 4.79 Å². The molecule has 0 radical (unpaired) electrons. The van der Waals surface area contributed by atoms with Gasteiger partial charge in [-0.25, -0.2) is 0 Å². The summed E-state index contributed by atoms with van der Waals surface area (Å²) in [5, 5.41) is 4.24. The predicted octanol–water partition coefficient (Wildman–Crippen LogP) is 4.64. The van der Waals surface area contributed by atoms with Gasteiger partial charge >= 0.3 is 0 Å². The molecule has 114 valence electrons. The molecule has 1 aliphatic rings. The number of benzene rings is 2. The standard InChI is InChI=1S/C18H19ClN2O/c1-12-11-17(20-16-9-5-4-8-15(16)19)14-7-3-6-10-18(14)21(12)13(2)22/h3-10,12,17,20H,11H2,1-2H3/t12-,17+/m0/s1. The fraction of sp³-hybridized carbons (Fsp3) is 0.278. The Morgan fingerprint density at radius 1 is 1.18 bits per heavy atom. The van der Waals surface area contributed by atoms with Crippen molar-refractivity contribution in [3.8, 4) is 0 Å². The van der Waals surface area contributed by atoms with Crippen molar-refractivity contribution in [1.82, 2.24) is 0 Å². The molecule has 2 atom stereocenters. The lowest BCUT2D eigenvalue weighted by Gasteiger charge is -2.39. The highest BCUT2D eigenvalue weighted by Crippen LogP contribution is 2.39. The van der Waals surface area contributed by atoms with Crippen molar-refractivity contribution in [3.05, 3.63) is 59.1 Å². The highest BCUT2D eigenvalue weighted by atomic mass is 35.5. The van der Waals surface area contributed by atoms with E-state index < -0.39 is 0 Å². The number of nitrogens with one attached hydrogen (secondary N) is 1. The average Bonchev–Trinajstić information content (AvgIpc) is 2.49. The van der Waals surface area contributed by atoms with Gasteiger partial charge in [0.1, 0.15) is 0 Å². The third-order valence-electron chi connectivity index (χ3n) is 4.13. The van der Waals surface area contributed by atoms with Crippen LogP contribution in [0.1, 0.15) is 31.9 Å². The maximum atomic E-state index is 12.0. The second-order valence-corrected chi connectivity index (χ2v) is 6.12. The van der Waals surface area contributed by atoms with Gasteiger partial charge in [-0.1, -0.05) is 41.9 Å². The summed E-state index contributed by atoms with van der Waals surface area (Å²) >= 11 is 6.26. The summed E-state index contributed by atoms with van der Waals surface area (Å²) in [6.07, 6.45) is 0.849. The Hall–Kier alpha value is -2.00. The molecule has 22 heavy (non-hydrogen) atoms. The molecular weight excluding hydrogens is 296 g/mol. The minimum atomic E-state index is 0.0798. The molecule has 0 aromatic heterocycles. The Balaban J connectivity index is 1.98. The highest BCUT2D eigenvalue weighted by Gasteiger charge is 2.32. The van der Waals surface area contributed by atoms with Crippen molar-refractivity contribution in [2.24, 2.45) is 0 Å². The monoisotopic (exact) mass is 314 g/mol. The van der Waals surface area contributed by atoms with E-state index in [1.807, 2.05) is 47.4 Å². The third-order valence-corrected chi connectivity index (χ3v) is 4.46. The first-order chi connectivity index (χ1) is 10.6. The number of hydrogen-bond donors (Lipinski definition) is 1. The average molecular weight is 315 g/mol. The molecule has 0 spiro atoms. The van der Waals surface area contributed by atoms with Gasteiger partial charge in [-0.2, -0.15) is 0 Å². The highest BCUT2D eigenvalue weighted by molar-refractivity contribution is 6.33. The largest absolute Gasteiger partial charge is 0.377 e. The molecule has 2 aromatic rings. The van der Waals surface area contributed by atoms with Gasteiger partial charge in [0, 0.05) is 18.7 Å². The molecule has 0 bridgehead atoms. The summed E-state index contributed by atoms with van der Waals surface area (Å²) in [4.78, 5) is 13.9. The normalized spacial score (nSPS) is 20.4. The smallest absolute Gasteiger partial charge is 0.224 e. The second-order valence-electron chi connectivity index (χ2n) is 5.71. The molecule has 1 heterocycles. The summed E-state index contributed by atoms with van der Waals surface area (Å²) in [5.74, 6) is 0.0798. The predicted molar refractivity (Wildman–Crippen MR) is 91.5 cm³/mol. The number of para-hydroxylation sites is 2. The van der Waals surface area contributed by atoms with E-state index in [1.54, 1.807) is 6.92 Å². The van der Waals surface area contributed by atoms with Crippen molar-refractivity contribution in [1.29, 1.82) is 0 Å². The van der Waals surface area contributed by atoms with Gasteiger partial charge in [0.05, 0.1) is 16.8 Å². The van der Waals surface area contributed by atoms with E-state index in [4.69, 9.17) is 11.6 Å². The Morgan fingerprint density at radius 2 is 1.86 bits per heavy atom. The summed E-state index contributed by atoms with van der Waals surface area (Å²) < 4.78 is 0. The zero-order valence-electron chi connectivity index (χ0n) is 12.7. The Labute approximate surface area is 135 Å². The van der Waals surface area contributed by atoms with Crippen LogP contribution in [0.3, 0.4) is 0 Å². The van der Waals surface area contributed by atoms with Crippen LogP contribution in [0.5, 0.6) is 0 Å². The van der Waals surface area contributed by atoms with Crippen LogP contribution in [0.25, 0.3) is 0 Å². The SMILES string of the molecule is CC(=O)N1c2ccccc2[C@H](Nc2ccccc2Cl)C[C@@H]1C. The van der Waals surface area contributed by atoms with E-state index in [0.29, 0.717) is 5.02 Å². The van der Waals surface area contributed by atoms with Crippen molar-refractivity contribution < 1.29 is 4.79 Å². The van der Waals surface area contributed by atoms with Crippen LogP contribution in [0, 0.1) is 0 Å². The van der Waals surface area contributed by atoms with Crippen LogP contribution in [-0.4, -0.2) is 11.9 Å². The first-order valence-corrected chi connectivity index (χ1v) is 7.85. The Kier molecular flexibility index (Phi) is 4.08. The number of nitrogens with zero attached hydrogens (tertiary/aromatic N) is 1. The molecule has 4 heteroatoms. The lowest BCUT2D eigenvalue weighted by molar-refractivity contribution is -0.117. The summed E-state index contributed by atoms with van der Waals surface area (Å²) in [7, 11) is 0. The Morgan fingerprint density at radius 3 is 2.59 bits per heavy atom. The third kappa shape index (κ3) is 2.69. The van der Waals surface area contributed by atoms with Crippen molar-refractivity contribution >= 4 is 28.9 Å². The van der Waals surface area contributed by atoms with Crippen LogP contribution in [0.15, 0.2) is 48.5 Å². The molecular formula is C18H19ClN2O. The number of fused-ring (bicyclic) bond motifs is 1. The molecule has 1 amide bonds. The van der Waals surface area contributed by atoms with E-state index in [0.717, 1.165) is 23.4 Å². The minimum Gasteiger partial charge on any atom is -0.377 e. The van der Waals surface area contributed by atoms with E-state index in [2.05, 4.69) is 18.3 Å². The molecule has 0 unspecified atom stereocenters. The molecule has 2 aromatic carbocycles. The summed E-state index contributed by atoms with van der Waals surface area (Å²) in [5.41, 5.74) is 3.04. The quantitative estimate of drug-likeness (QED) is 0.876. The molecule has 3 nitrogen and oxygen atoms in total. The maximum Gasteiger partial charge on any atom is 0.224 e. The van der Waals surface area contributed by atoms with Gasteiger partial charge < -0.3 is 10.2 Å². The van der Waals surface area contributed by atoms with E-state index in [9.17, 15) is 4.79 Å². The number of carbonyl (C=O) groups excluding carboxylic acids is 1. The fourth-order valence-electron chi connectivity index (χ4n) is 3.20. The summed E-state index contributed by atoms with van der Waals surface area (Å²) in [6, 6.07) is 16.1. The van der Waals surface area contributed by atoms with Crippen LogP contribution in [0.2, 0.25) is 5.02 Å². The number of carbonyl (C=O) groups is 1. The van der Waals surface area contributed by atoms with E-state index >= 15 is 0 Å². The number of rotatable bonds is 2.